The van der Waals surface area contributed by atoms with Gasteiger partial charge in [0, 0.05) is 31.9 Å². The number of pyridine rings is 1. The Morgan fingerprint density at radius 2 is 1.88 bits per heavy atom. The molecular formula is C16H18N4O4. The number of nitrogens with zero attached hydrogens (tertiary/aromatic N) is 4. The van der Waals surface area contributed by atoms with Crippen molar-refractivity contribution in [2.24, 2.45) is 14.1 Å². The molecule has 8 nitrogen and oxygen atoms in total. The molecule has 3 heterocycles. The summed E-state index contributed by atoms with van der Waals surface area (Å²) in [6.45, 7) is 2.66. The van der Waals surface area contributed by atoms with Crippen molar-refractivity contribution in [2.75, 3.05) is 13.1 Å². The van der Waals surface area contributed by atoms with Crippen LogP contribution in [0.2, 0.25) is 0 Å². The summed E-state index contributed by atoms with van der Waals surface area (Å²) in [6, 6.07) is 5.96. The van der Waals surface area contributed by atoms with Crippen LogP contribution in [0.25, 0.3) is 0 Å². The third-order valence-electron chi connectivity index (χ3n) is 4.09. The molecule has 0 radical (unpaired) electrons. The molecule has 1 amide bonds. The van der Waals surface area contributed by atoms with Gasteiger partial charge in [-0.2, -0.15) is 5.10 Å². The Kier molecular flexibility index (Phi) is 3.96. The van der Waals surface area contributed by atoms with Gasteiger partial charge in [0.15, 0.2) is 0 Å². The molecule has 1 fully saturated rings. The first-order chi connectivity index (χ1) is 11.3. The van der Waals surface area contributed by atoms with Crippen LogP contribution in [0.5, 0.6) is 5.75 Å². The Balaban J connectivity index is 1.63. The Morgan fingerprint density at radius 3 is 2.50 bits per heavy atom. The number of hydrogen-bond acceptors (Lipinski definition) is 5. The van der Waals surface area contributed by atoms with E-state index in [1.54, 1.807) is 18.0 Å². The number of carbonyl (C=O) groups excluding carboxylic acids is 1. The maximum atomic E-state index is 12.3. The topological polar surface area (TPSA) is 86.4 Å². The fourth-order valence-electron chi connectivity index (χ4n) is 2.45. The molecule has 0 bridgehead atoms. The molecule has 1 saturated heterocycles. The molecule has 0 spiro atoms. The minimum atomic E-state index is -0.266. The second-order valence-electron chi connectivity index (χ2n) is 5.86. The first-order valence-corrected chi connectivity index (χ1v) is 7.53. The highest BCUT2D eigenvalue weighted by atomic mass is 16.5. The molecule has 1 aliphatic heterocycles. The molecule has 0 N–H and O–H groups in total. The third-order valence-corrected chi connectivity index (χ3v) is 4.09. The lowest BCUT2D eigenvalue weighted by atomic mass is 10.1. The second-order valence-corrected chi connectivity index (χ2v) is 5.86. The quantitative estimate of drug-likeness (QED) is 0.771. The summed E-state index contributed by atoms with van der Waals surface area (Å²) < 4.78 is 8.41. The molecular weight excluding hydrogens is 312 g/mol. The summed E-state index contributed by atoms with van der Waals surface area (Å²) in [5, 5.41) is 3.95. The first kappa shape index (κ1) is 16.0. The Morgan fingerprint density at radius 1 is 1.17 bits per heavy atom. The van der Waals surface area contributed by atoms with Gasteiger partial charge >= 0.3 is 0 Å². The summed E-state index contributed by atoms with van der Waals surface area (Å²) in [6.07, 6.45) is -0.159. The summed E-state index contributed by atoms with van der Waals surface area (Å²) in [5.41, 5.74) is 0.628. The van der Waals surface area contributed by atoms with E-state index in [-0.39, 0.29) is 28.8 Å². The van der Waals surface area contributed by atoms with Crippen LogP contribution in [0.1, 0.15) is 16.2 Å². The smallest absolute Gasteiger partial charge is 0.274 e. The molecule has 3 rings (SSSR count). The van der Waals surface area contributed by atoms with Crippen LogP contribution in [0.3, 0.4) is 0 Å². The predicted octanol–water partition coefficient (Wildman–Crippen LogP) is -0.309. The van der Waals surface area contributed by atoms with Gasteiger partial charge in [-0.3, -0.25) is 14.4 Å². The van der Waals surface area contributed by atoms with Crippen molar-refractivity contribution in [1.29, 1.82) is 0 Å². The van der Waals surface area contributed by atoms with Crippen LogP contribution >= 0.6 is 0 Å². The average molecular weight is 330 g/mol. The number of aryl methyl sites for hydroxylation is 2. The molecule has 0 aromatic carbocycles. The zero-order chi connectivity index (χ0) is 17.4. The highest BCUT2D eigenvalue weighted by molar-refractivity contribution is 5.92. The van der Waals surface area contributed by atoms with E-state index in [2.05, 4.69) is 5.10 Å². The SMILES string of the molecule is Cc1cc(OC2CN(C(=O)c3ccc(=O)n(C)n3)C2)cc(=O)n1C. The van der Waals surface area contributed by atoms with Crippen molar-refractivity contribution in [3.8, 4) is 5.75 Å². The minimum Gasteiger partial charge on any atom is -0.486 e. The van der Waals surface area contributed by atoms with Gasteiger partial charge in [0.1, 0.15) is 17.5 Å². The lowest BCUT2D eigenvalue weighted by Gasteiger charge is -2.38. The monoisotopic (exact) mass is 330 g/mol. The zero-order valence-corrected chi connectivity index (χ0v) is 13.7. The van der Waals surface area contributed by atoms with E-state index < -0.39 is 0 Å². The molecule has 0 unspecified atom stereocenters. The molecule has 126 valence electrons. The number of carbonyl (C=O) groups is 1. The van der Waals surface area contributed by atoms with E-state index >= 15 is 0 Å². The first-order valence-electron chi connectivity index (χ1n) is 7.53. The van der Waals surface area contributed by atoms with Crippen LogP contribution in [-0.4, -0.2) is 44.3 Å². The van der Waals surface area contributed by atoms with Crippen LogP contribution in [0.4, 0.5) is 0 Å². The standard InChI is InChI=1S/C16H18N4O4/c1-10-6-11(7-15(22)18(10)2)24-12-8-20(9-12)16(23)13-4-5-14(21)19(3)17-13/h4-7,12H,8-9H2,1-3H3. The highest BCUT2D eigenvalue weighted by Crippen LogP contribution is 2.19. The van der Waals surface area contributed by atoms with E-state index in [4.69, 9.17) is 4.74 Å². The third kappa shape index (κ3) is 2.94. The van der Waals surface area contributed by atoms with Crippen LogP contribution in [0, 0.1) is 6.92 Å². The zero-order valence-electron chi connectivity index (χ0n) is 13.7. The van der Waals surface area contributed by atoms with Crippen LogP contribution in [-0.2, 0) is 14.1 Å². The Bertz CT molecular complexity index is 909. The molecule has 24 heavy (non-hydrogen) atoms. The maximum absolute atomic E-state index is 12.3. The molecule has 0 atom stereocenters. The molecule has 8 heteroatoms. The molecule has 0 saturated carbocycles. The van der Waals surface area contributed by atoms with Gasteiger partial charge < -0.3 is 14.2 Å². The number of likely N-dealkylation sites (tertiary alicyclic amines) is 1. The van der Waals surface area contributed by atoms with E-state index in [0.29, 0.717) is 18.8 Å². The normalized spacial score (nSPS) is 14.4. The van der Waals surface area contributed by atoms with Crippen molar-refractivity contribution in [3.63, 3.8) is 0 Å². The van der Waals surface area contributed by atoms with E-state index in [0.717, 1.165) is 10.4 Å². The molecule has 2 aromatic rings. The summed E-state index contributed by atoms with van der Waals surface area (Å²) in [7, 11) is 3.20. The largest absolute Gasteiger partial charge is 0.486 e. The highest BCUT2D eigenvalue weighted by Gasteiger charge is 2.33. The minimum absolute atomic E-state index is 0.133. The number of aromatic nitrogens is 3. The van der Waals surface area contributed by atoms with E-state index in [9.17, 15) is 14.4 Å². The van der Waals surface area contributed by atoms with Gasteiger partial charge in [0.25, 0.3) is 17.0 Å². The lowest BCUT2D eigenvalue weighted by Crippen LogP contribution is -2.56. The maximum Gasteiger partial charge on any atom is 0.274 e. The van der Waals surface area contributed by atoms with Crippen molar-refractivity contribution in [3.05, 3.63) is 56.4 Å². The molecule has 2 aromatic heterocycles. The number of amides is 1. The Labute approximate surface area is 137 Å². The average Bonchev–Trinajstić information content (AvgIpc) is 2.50. The molecule has 1 aliphatic rings. The number of rotatable bonds is 3. The van der Waals surface area contributed by atoms with Crippen molar-refractivity contribution >= 4 is 5.91 Å². The predicted molar refractivity (Wildman–Crippen MR) is 86.2 cm³/mol. The van der Waals surface area contributed by atoms with Gasteiger partial charge in [-0.15, -0.1) is 0 Å². The van der Waals surface area contributed by atoms with E-state index in [1.165, 1.54) is 29.8 Å². The fourth-order valence-corrected chi connectivity index (χ4v) is 2.45. The van der Waals surface area contributed by atoms with Crippen molar-refractivity contribution in [1.82, 2.24) is 19.2 Å². The number of hydrogen-bond donors (Lipinski definition) is 0. The van der Waals surface area contributed by atoms with Crippen molar-refractivity contribution in [2.45, 2.75) is 13.0 Å². The molecule has 0 aliphatic carbocycles. The summed E-state index contributed by atoms with van der Waals surface area (Å²) in [5.74, 6) is 0.263. The van der Waals surface area contributed by atoms with Crippen LogP contribution < -0.4 is 15.9 Å². The van der Waals surface area contributed by atoms with E-state index in [1.807, 2.05) is 6.92 Å². The van der Waals surface area contributed by atoms with Gasteiger partial charge in [-0.05, 0) is 19.1 Å². The fraction of sp³-hybridized carbons (Fsp3) is 0.375. The van der Waals surface area contributed by atoms with Gasteiger partial charge in [0.2, 0.25) is 0 Å². The Hall–Kier alpha value is -2.90. The van der Waals surface area contributed by atoms with Gasteiger partial charge in [-0.25, -0.2) is 4.68 Å². The van der Waals surface area contributed by atoms with Gasteiger partial charge in [-0.1, -0.05) is 0 Å². The summed E-state index contributed by atoms with van der Waals surface area (Å²) >= 11 is 0. The number of ether oxygens (including phenoxy) is 1. The lowest BCUT2D eigenvalue weighted by molar-refractivity contribution is 0.0170. The van der Waals surface area contributed by atoms with Crippen LogP contribution in [0.15, 0.2) is 33.9 Å². The second kappa shape index (κ2) is 5.95. The summed E-state index contributed by atoms with van der Waals surface area (Å²) in [4.78, 5) is 36.9. The van der Waals surface area contributed by atoms with Crippen molar-refractivity contribution < 1.29 is 9.53 Å². The van der Waals surface area contributed by atoms with Gasteiger partial charge in [0.05, 0.1) is 13.1 Å².